The fourth-order valence-corrected chi connectivity index (χ4v) is 1.78. The largest absolute Gasteiger partial charge is 0.481 e. The molecule has 4 nitrogen and oxygen atoms in total. The quantitative estimate of drug-likeness (QED) is 0.571. The number of rotatable bonds is 3. The van der Waals surface area contributed by atoms with Crippen molar-refractivity contribution < 1.29 is 23.8 Å². The molecule has 0 unspecified atom stereocenters. The molecular weight excluding hydrogens is 203 g/mol. The zero-order valence-electron chi connectivity index (χ0n) is 8.78. The van der Waals surface area contributed by atoms with Gasteiger partial charge in [0.2, 0.25) is 5.83 Å². The van der Waals surface area contributed by atoms with Gasteiger partial charge in [-0.25, -0.2) is 4.79 Å². The second-order valence-corrected chi connectivity index (χ2v) is 4.17. The van der Waals surface area contributed by atoms with E-state index in [1.807, 2.05) is 0 Å². The van der Waals surface area contributed by atoms with Gasteiger partial charge in [-0.3, -0.25) is 4.79 Å². The Balaban J connectivity index is 2.78. The molecule has 5 heteroatoms. The summed E-state index contributed by atoms with van der Waals surface area (Å²) in [6.45, 7) is 3.44. The number of halogens is 1. The third-order valence-corrected chi connectivity index (χ3v) is 2.88. The molecular formula is C10H13FO4. The number of allylic oxidation sites excluding steroid dienone is 1. The molecule has 1 aliphatic carbocycles. The van der Waals surface area contributed by atoms with E-state index >= 15 is 0 Å². The van der Waals surface area contributed by atoms with Crippen molar-refractivity contribution >= 4 is 11.9 Å². The third-order valence-electron chi connectivity index (χ3n) is 2.88. The maximum Gasteiger partial charge on any atom is 0.366 e. The van der Waals surface area contributed by atoms with Gasteiger partial charge in [0.05, 0.1) is 13.0 Å². The molecule has 0 aromatic carbocycles. The number of carboxylic acids is 1. The van der Waals surface area contributed by atoms with Crippen LogP contribution in [0, 0.1) is 17.3 Å². The van der Waals surface area contributed by atoms with Crippen LogP contribution in [0.1, 0.15) is 13.8 Å². The van der Waals surface area contributed by atoms with Gasteiger partial charge in [0.1, 0.15) is 0 Å². The lowest BCUT2D eigenvalue weighted by molar-refractivity contribution is -0.140. The highest BCUT2D eigenvalue weighted by atomic mass is 19.1. The number of carboxylic acid groups (broad SMARTS) is 1. The van der Waals surface area contributed by atoms with Crippen molar-refractivity contribution in [3.8, 4) is 0 Å². The molecule has 1 N–H and O–H groups in total. The Labute approximate surface area is 86.7 Å². The summed E-state index contributed by atoms with van der Waals surface area (Å²) >= 11 is 0. The number of carbonyl (C=O) groups excluding carboxylic acids is 1. The van der Waals surface area contributed by atoms with E-state index in [2.05, 4.69) is 4.74 Å². The first-order valence-electron chi connectivity index (χ1n) is 4.50. The van der Waals surface area contributed by atoms with Gasteiger partial charge in [0.25, 0.3) is 0 Å². The van der Waals surface area contributed by atoms with Crippen LogP contribution in [0.2, 0.25) is 0 Å². The number of aliphatic carboxylic acids is 1. The van der Waals surface area contributed by atoms with Crippen molar-refractivity contribution in [1.82, 2.24) is 0 Å². The first-order chi connectivity index (χ1) is 6.82. The van der Waals surface area contributed by atoms with E-state index < -0.39 is 35.0 Å². The summed E-state index contributed by atoms with van der Waals surface area (Å²) < 4.78 is 17.2. The molecule has 15 heavy (non-hydrogen) atoms. The van der Waals surface area contributed by atoms with Crippen molar-refractivity contribution in [1.29, 1.82) is 0 Å². The lowest BCUT2D eigenvalue weighted by atomic mass is 10.1. The molecule has 2 atom stereocenters. The molecule has 1 fully saturated rings. The maximum atomic E-state index is 13.1. The zero-order valence-corrected chi connectivity index (χ0v) is 8.78. The van der Waals surface area contributed by atoms with Crippen LogP contribution in [0.15, 0.2) is 11.9 Å². The number of esters is 1. The van der Waals surface area contributed by atoms with Gasteiger partial charge in [-0.2, -0.15) is 4.39 Å². The topological polar surface area (TPSA) is 63.6 Å². The number of methoxy groups -OCH3 is 1. The minimum atomic E-state index is -1.07. The van der Waals surface area contributed by atoms with Gasteiger partial charge in [0.15, 0.2) is 0 Å². The van der Waals surface area contributed by atoms with E-state index in [0.29, 0.717) is 0 Å². The minimum Gasteiger partial charge on any atom is -0.481 e. The number of hydrogen-bond donors (Lipinski definition) is 1. The summed E-state index contributed by atoms with van der Waals surface area (Å²) in [6.07, 6.45) is 1.03. The summed E-state index contributed by atoms with van der Waals surface area (Å²) in [7, 11) is 1.07. The van der Waals surface area contributed by atoms with E-state index in [9.17, 15) is 14.0 Å². The number of ether oxygens (including phenoxy) is 1. The molecule has 1 aliphatic rings. The van der Waals surface area contributed by atoms with E-state index in [4.69, 9.17) is 5.11 Å². The van der Waals surface area contributed by atoms with Crippen LogP contribution in [-0.4, -0.2) is 24.2 Å². The van der Waals surface area contributed by atoms with Gasteiger partial charge in [0, 0.05) is 0 Å². The molecule has 0 spiro atoms. The molecule has 0 heterocycles. The third kappa shape index (κ3) is 2.00. The highest BCUT2D eigenvalue weighted by molar-refractivity contribution is 5.86. The van der Waals surface area contributed by atoms with Crippen LogP contribution in [0.3, 0.4) is 0 Å². The summed E-state index contributed by atoms with van der Waals surface area (Å²) in [5.74, 6) is -4.15. The van der Waals surface area contributed by atoms with Crippen molar-refractivity contribution in [2.45, 2.75) is 13.8 Å². The summed E-state index contributed by atoms with van der Waals surface area (Å²) in [5.41, 5.74) is -0.503. The Bertz CT molecular complexity index is 332. The molecule has 1 saturated carbocycles. The zero-order chi connectivity index (χ0) is 11.8. The predicted molar refractivity (Wildman–Crippen MR) is 49.6 cm³/mol. The lowest BCUT2D eigenvalue weighted by Gasteiger charge is -1.97. The van der Waals surface area contributed by atoms with Gasteiger partial charge < -0.3 is 9.84 Å². The standard InChI is InChI=1S/C10H13FO4/c1-10(2)5(7(10)8(12)13)4-6(11)9(14)15-3/h4-5,7H,1-3H3,(H,12,13)/b6-4-/t5-,7+/m1/s1. The Morgan fingerprint density at radius 1 is 1.47 bits per heavy atom. The van der Waals surface area contributed by atoms with Crippen LogP contribution < -0.4 is 0 Å². The summed E-state index contributed by atoms with van der Waals surface area (Å²) in [6, 6.07) is 0. The maximum absolute atomic E-state index is 13.1. The number of carbonyl (C=O) groups is 2. The molecule has 0 bridgehead atoms. The smallest absolute Gasteiger partial charge is 0.366 e. The first-order valence-corrected chi connectivity index (χ1v) is 4.50. The number of hydrogen-bond acceptors (Lipinski definition) is 3. The molecule has 0 aromatic rings. The molecule has 1 rings (SSSR count). The van der Waals surface area contributed by atoms with Crippen molar-refractivity contribution in [3.63, 3.8) is 0 Å². The van der Waals surface area contributed by atoms with E-state index in [1.165, 1.54) is 0 Å². The highest BCUT2D eigenvalue weighted by Gasteiger charge is 2.61. The molecule has 0 radical (unpaired) electrons. The van der Waals surface area contributed by atoms with Gasteiger partial charge in [-0.05, 0) is 17.4 Å². The minimum absolute atomic E-state index is 0.450. The summed E-state index contributed by atoms with van der Waals surface area (Å²) in [5, 5.41) is 8.80. The fraction of sp³-hybridized carbons (Fsp3) is 0.600. The molecule has 0 amide bonds. The van der Waals surface area contributed by atoms with Gasteiger partial charge in [-0.15, -0.1) is 0 Å². The first kappa shape index (κ1) is 11.7. The van der Waals surface area contributed by atoms with Crippen LogP contribution in [-0.2, 0) is 14.3 Å². The van der Waals surface area contributed by atoms with E-state index in [1.54, 1.807) is 13.8 Å². The van der Waals surface area contributed by atoms with Crippen molar-refractivity contribution in [2.24, 2.45) is 17.3 Å². The van der Waals surface area contributed by atoms with E-state index in [0.717, 1.165) is 13.2 Å². The molecule has 84 valence electrons. The van der Waals surface area contributed by atoms with Crippen LogP contribution >= 0.6 is 0 Å². The lowest BCUT2D eigenvalue weighted by Crippen LogP contribution is -2.03. The Kier molecular flexibility index (Phi) is 2.83. The average Bonchev–Trinajstić information content (AvgIpc) is 2.66. The second kappa shape index (κ2) is 3.64. The van der Waals surface area contributed by atoms with Crippen LogP contribution in [0.4, 0.5) is 4.39 Å². The van der Waals surface area contributed by atoms with Crippen molar-refractivity contribution in [2.75, 3.05) is 7.11 Å². The molecule has 0 aliphatic heterocycles. The SMILES string of the molecule is COC(=O)/C(F)=C/[C@@H]1[C@@H](C(=O)O)C1(C)C. The van der Waals surface area contributed by atoms with Crippen LogP contribution in [0.5, 0.6) is 0 Å². The van der Waals surface area contributed by atoms with Crippen molar-refractivity contribution in [3.05, 3.63) is 11.9 Å². The molecule has 0 aromatic heterocycles. The predicted octanol–water partition coefficient (Wildman–Crippen LogP) is 1.37. The van der Waals surface area contributed by atoms with Gasteiger partial charge in [-0.1, -0.05) is 13.8 Å². The van der Waals surface area contributed by atoms with Gasteiger partial charge >= 0.3 is 11.9 Å². The van der Waals surface area contributed by atoms with Crippen LogP contribution in [0.25, 0.3) is 0 Å². The van der Waals surface area contributed by atoms with E-state index in [-0.39, 0.29) is 0 Å². The average molecular weight is 216 g/mol. The highest BCUT2D eigenvalue weighted by Crippen LogP contribution is 2.59. The Morgan fingerprint density at radius 2 is 2.00 bits per heavy atom. The fourth-order valence-electron chi connectivity index (χ4n) is 1.78. The Morgan fingerprint density at radius 3 is 2.33 bits per heavy atom. The Hall–Kier alpha value is -1.39. The normalized spacial score (nSPS) is 28.4. The second-order valence-electron chi connectivity index (χ2n) is 4.17. The molecule has 0 saturated heterocycles. The summed E-state index contributed by atoms with van der Waals surface area (Å²) in [4.78, 5) is 21.5. The monoisotopic (exact) mass is 216 g/mol.